The first-order valence-corrected chi connectivity index (χ1v) is 5.56. The van der Waals surface area contributed by atoms with Crippen molar-refractivity contribution in [2.45, 2.75) is 0 Å². The third-order valence-electron chi connectivity index (χ3n) is 2.21. The van der Waals surface area contributed by atoms with E-state index in [0.29, 0.717) is 21.9 Å². The summed E-state index contributed by atoms with van der Waals surface area (Å²) in [6.45, 7) is 0. The number of phenolic OH excluding ortho intramolecular Hbond substituents is 1. The van der Waals surface area contributed by atoms with Crippen LogP contribution in [0.4, 0.5) is 5.82 Å². The Morgan fingerprint density at radius 2 is 2.18 bits per heavy atom. The Hall–Kier alpha value is -1.82. The number of rotatable bonds is 2. The van der Waals surface area contributed by atoms with Crippen LogP contribution in [0, 0.1) is 0 Å². The Kier molecular flexibility index (Phi) is 3.14. The second kappa shape index (κ2) is 4.58. The Labute approximate surface area is 106 Å². The lowest BCUT2D eigenvalue weighted by molar-refractivity contribution is 0.373. The monoisotopic (exact) mass is 295 g/mol. The highest BCUT2D eigenvalue weighted by Gasteiger charge is 2.08. The van der Waals surface area contributed by atoms with Crippen LogP contribution in [0.1, 0.15) is 0 Å². The predicted molar refractivity (Wildman–Crippen MR) is 67.8 cm³/mol. The minimum atomic E-state index is 0.0707. The van der Waals surface area contributed by atoms with E-state index in [1.807, 2.05) is 0 Å². The summed E-state index contributed by atoms with van der Waals surface area (Å²) in [6.07, 6.45) is 1.58. The number of nitrogens with two attached hydrogens (primary N) is 1. The van der Waals surface area contributed by atoms with Crippen LogP contribution in [-0.2, 0) is 0 Å². The number of halogens is 1. The van der Waals surface area contributed by atoms with Crippen molar-refractivity contribution >= 4 is 21.7 Å². The number of benzene rings is 1. The van der Waals surface area contributed by atoms with E-state index >= 15 is 0 Å². The van der Waals surface area contributed by atoms with Crippen molar-refractivity contribution in [2.24, 2.45) is 0 Å². The molecule has 3 N–H and O–H groups in total. The van der Waals surface area contributed by atoms with E-state index in [1.165, 1.54) is 13.2 Å². The number of methoxy groups -OCH3 is 1. The molecule has 2 aromatic rings. The van der Waals surface area contributed by atoms with Crippen molar-refractivity contribution in [3.8, 4) is 22.9 Å². The number of aromatic hydroxyl groups is 1. The Morgan fingerprint density at radius 1 is 1.41 bits per heavy atom. The lowest BCUT2D eigenvalue weighted by atomic mass is 10.2. The molecule has 0 spiro atoms. The van der Waals surface area contributed by atoms with Crippen molar-refractivity contribution < 1.29 is 9.84 Å². The molecule has 1 aromatic heterocycles. The summed E-state index contributed by atoms with van der Waals surface area (Å²) in [5, 5.41) is 9.48. The van der Waals surface area contributed by atoms with Gasteiger partial charge >= 0.3 is 0 Å². The molecule has 6 heteroatoms. The van der Waals surface area contributed by atoms with Gasteiger partial charge in [-0.3, -0.25) is 0 Å². The first-order chi connectivity index (χ1) is 8.11. The third kappa shape index (κ3) is 2.31. The van der Waals surface area contributed by atoms with Gasteiger partial charge in [-0.25, -0.2) is 9.97 Å². The van der Waals surface area contributed by atoms with Crippen molar-refractivity contribution in [3.05, 3.63) is 28.9 Å². The maximum atomic E-state index is 9.48. The highest BCUT2D eigenvalue weighted by molar-refractivity contribution is 9.10. The van der Waals surface area contributed by atoms with Gasteiger partial charge in [0.05, 0.1) is 11.6 Å². The Balaban J connectivity index is 2.49. The Morgan fingerprint density at radius 3 is 2.82 bits per heavy atom. The van der Waals surface area contributed by atoms with E-state index < -0.39 is 0 Å². The van der Waals surface area contributed by atoms with E-state index in [1.54, 1.807) is 18.3 Å². The SMILES string of the molecule is COc1cc(-c2ncc(Br)c(N)n2)ccc1O. The Bertz CT molecular complexity index is 560. The molecule has 0 saturated carbocycles. The highest BCUT2D eigenvalue weighted by Crippen LogP contribution is 2.30. The number of hydrogen-bond donors (Lipinski definition) is 2. The minimum Gasteiger partial charge on any atom is -0.504 e. The summed E-state index contributed by atoms with van der Waals surface area (Å²) in [7, 11) is 1.48. The van der Waals surface area contributed by atoms with Crippen LogP contribution in [0.5, 0.6) is 11.5 Å². The van der Waals surface area contributed by atoms with Gasteiger partial charge in [0.25, 0.3) is 0 Å². The number of aromatic nitrogens is 2. The second-order valence-electron chi connectivity index (χ2n) is 3.31. The molecule has 0 bridgehead atoms. The molecule has 0 radical (unpaired) electrons. The van der Waals surface area contributed by atoms with Gasteiger partial charge in [-0.1, -0.05) is 0 Å². The van der Waals surface area contributed by atoms with Gasteiger partial charge in [-0.05, 0) is 34.1 Å². The van der Waals surface area contributed by atoms with Gasteiger partial charge < -0.3 is 15.6 Å². The maximum Gasteiger partial charge on any atom is 0.161 e. The molecule has 0 aliphatic rings. The molecule has 1 aromatic carbocycles. The highest BCUT2D eigenvalue weighted by atomic mass is 79.9. The first kappa shape index (κ1) is 11.7. The van der Waals surface area contributed by atoms with Crippen LogP contribution >= 0.6 is 15.9 Å². The van der Waals surface area contributed by atoms with E-state index in [-0.39, 0.29) is 5.75 Å². The summed E-state index contributed by atoms with van der Waals surface area (Å²) in [5.74, 6) is 1.28. The molecule has 5 nitrogen and oxygen atoms in total. The summed E-state index contributed by atoms with van der Waals surface area (Å²) >= 11 is 3.23. The zero-order valence-corrected chi connectivity index (χ0v) is 10.6. The van der Waals surface area contributed by atoms with Crippen LogP contribution in [0.3, 0.4) is 0 Å². The number of anilines is 1. The van der Waals surface area contributed by atoms with Crippen LogP contribution in [-0.4, -0.2) is 22.2 Å². The fourth-order valence-corrected chi connectivity index (χ4v) is 1.53. The normalized spacial score (nSPS) is 10.2. The average molecular weight is 296 g/mol. The zero-order valence-electron chi connectivity index (χ0n) is 9.01. The van der Waals surface area contributed by atoms with E-state index in [0.717, 1.165) is 5.56 Å². The van der Waals surface area contributed by atoms with Crippen molar-refractivity contribution in [1.29, 1.82) is 0 Å². The molecule has 0 unspecified atom stereocenters. The van der Waals surface area contributed by atoms with Crippen molar-refractivity contribution in [3.63, 3.8) is 0 Å². The first-order valence-electron chi connectivity index (χ1n) is 4.77. The molecule has 2 rings (SSSR count). The maximum absolute atomic E-state index is 9.48. The van der Waals surface area contributed by atoms with Gasteiger partial charge in [0.2, 0.25) is 0 Å². The topological polar surface area (TPSA) is 81.3 Å². The zero-order chi connectivity index (χ0) is 12.4. The van der Waals surface area contributed by atoms with Crippen LogP contribution < -0.4 is 10.5 Å². The van der Waals surface area contributed by atoms with Crippen molar-refractivity contribution in [2.75, 3.05) is 12.8 Å². The molecular formula is C11H10BrN3O2. The fraction of sp³-hybridized carbons (Fsp3) is 0.0909. The molecule has 0 aliphatic carbocycles. The summed E-state index contributed by atoms with van der Waals surface area (Å²) < 4.78 is 5.66. The quantitative estimate of drug-likeness (QED) is 0.888. The molecule has 0 amide bonds. The van der Waals surface area contributed by atoms with E-state index in [4.69, 9.17) is 10.5 Å². The number of ether oxygens (including phenoxy) is 1. The predicted octanol–water partition coefficient (Wildman–Crippen LogP) is 2.20. The number of nitrogen functional groups attached to an aromatic ring is 1. The number of phenols is 1. The lowest BCUT2D eigenvalue weighted by Crippen LogP contribution is -1.96. The molecule has 0 fully saturated rings. The van der Waals surface area contributed by atoms with E-state index in [2.05, 4.69) is 25.9 Å². The minimum absolute atomic E-state index is 0.0707. The van der Waals surface area contributed by atoms with Crippen molar-refractivity contribution in [1.82, 2.24) is 9.97 Å². The molecule has 0 atom stereocenters. The van der Waals surface area contributed by atoms with Gasteiger partial charge in [0.15, 0.2) is 17.3 Å². The summed E-state index contributed by atoms with van der Waals surface area (Å²) in [6, 6.07) is 4.87. The standard InChI is InChI=1S/C11H10BrN3O2/c1-17-9-4-6(2-3-8(9)16)11-14-5-7(12)10(13)15-11/h2-5,16H,1H3,(H2,13,14,15). The smallest absolute Gasteiger partial charge is 0.161 e. The van der Waals surface area contributed by atoms with Gasteiger partial charge in [0.1, 0.15) is 5.82 Å². The molecule has 88 valence electrons. The average Bonchev–Trinajstić information content (AvgIpc) is 2.33. The van der Waals surface area contributed by atoms with Crippen LogP contribution in [0.15, 0.2) is 28.9 Å². The molecular weight excluding hydrogens is 286 g/mol. The second-order valence-corrected chi connectivity index (χ2v) is 4.17. The van der Waals surface area contributed by atoms with Crippen LogP contribution in [0.25, 0.3) is 11.4 Å². The van der Waals surface area contributed by atoms with E-state index in [9.17, 15) is 5.11 Å². The number of nitrogens with zero attached hydrogens (tertiary/aromatic N) is 2. The fourth-order valence-electron chi connectivity index (χ4n) is 1.34. The van der Waals surface area contributed by atoms with Gasteiger partial charge in [0, 0.05) is 11.8 Å². The van der Waals surface area contributed by atoms with Crippen LogP contribution in [0.2, 0.25) is 0 Å². The summed E-state index contributed by atoms with van der Waals surface area (Å²) in [4.78, 5) is 8.27. The van der Waals surface area contributed by atoms with Gasteiger partial charge in [-0.2, -0.15) is 0 Å². The number of hydrogen-bond acceptors (Lipinski definition) is 5. The summed E-state index contributed by atoms with van der Waals surface area (Å²) in [5.41, 5.74) is 6.40. The van der Waals surface area contributed by atoms with Gasteiger partial charge in [-0.15, -0.1) is 0 Å². The molecule has 0 aliphatic heterocycles. The molecule has 17 heavy (non-hydrogen) atoms. The molecule has 1 heterocycles. The largest absolute Gasteiger partial charge is 0.504 e. The lowest BCUT2D eigenvalue weighted by Gasteiger charge is -2.06. The third-order valence-corrected chi connectivity index (χ3v) is 2.82. The molecule has 0 saturated heterocycles.